The maximum absolute atomic E-state index is 13.4. The molecule has 0 bridgehead atoms. The summed E-state index contributed by atoms with van der Waals surface area (Å²) in [6, 6.07) is 12.7. The molecular weight excluding hydrogens is 522 g/mol. The zero-order valence-electron chi connectivity index (χ0n) is 22.4. The number of benzene rings is 2. The number of carbonyl (C=O) groups excluding carboxylic acids is 1. The molecule has 0 radical (unpaired) electrons. The number of sulfonamides is 1. The van der Waals surface area contributed by atoms with E-state index in [1.54, 1.807) is 47.3 Å². The van der Waals surface area contributed by atoms with E-state index in [-0.39, 0.29) is 5.97 Å². The Morgan fingerprint density at radius 2 is 1.92 bits per heavy atom. The zero-order chi connectivity index (χ0) is 27.1. The van der Waals surface area contributed by atoms with Crippen molar-refractivity contribution in [3.63, 3.8) is 0 Å². The minimum atomic E-state index is -3.57. The highest BCUT2D eigenvalue weighted by atomic mass is 32.2. The van der Waals surface area contributed by atoms with Gasteiger partial charge in [0, 0.05) is 38.6 Å². The van der Waals surface area contributed by atoms with Crippen molar-refractivity contribution in [2.45, 2.75) is 62.4 Å². The van der Waals surface area contributed by atoms with Crippen LogP contribution in [0.2, 0.25) is 0 Å². The highest BCUT2D eigenvalue weighted by Crippen LogP contribution is 2.30. The smallest absolute Gasteiger partial charge is 0.338 e. The minimum absolute atomic E-state index is 0.296. The Morgan fingerprint density at radius 3 is 2.63 bits per heavy atom. The van der Waals surface area contributed by atoms with Crippen LogP contribution in [-0.4, -0.2) is 61.2 Å². The number of imidazole rings is 1. The first-order valence-corrected chi connectivity index (χ1v) is 15.7. The van der Waals surface area contributed by atoms with Gasteiger partial charge in [0.15, 0.2) is 5.16 Å². The van der Waals surface area contributed by atoms with E-state index in [2.05, 4.69) is 11.5 Å². The number of esters is 1. The predicted octanol–water partition coefficient (Wildman–Crippen LogP) is 5.35. The van der Waals surface area contributed by atoms with Gasteiger partial charge in [-0.15, -0.1) is 0 Å². The third-order valence-corrected chi connectivity index (χ3v) is 9.56. The number of ether oxygens (including phenoxy) is 2. The van der Waals surface area contributed by atoms with E-state index in [1.165, 1.54) is 0 Å². The average Bonchev–Trinajstić information content (AvgIpc) is 3.27. The van der Waals surface area contributed by atoms with Crippen molar-refractivity contribution in [2.75, 3.05) is 32.9 Å². The molecule has 1 fully saturated rings. The Hall–Kier alpha value is -2.40. The third-order valence-electron chi connectivity index (χ3n) is 6.65. The minimum Gasteiger partial charge on any atom is -0.462 e. The molecule has 1 atom stereocenters. The van der Waals surface area contributed by atoms with Gasteiger partial charge in [-0.3, -0.25) is 0 Å². The second kappa shape index (κ2) is 13.1. The lowest BCUT2D eigenvalue weighted by Crippen LogP contribution is -2.39. The van der Waals surface area contributed by atoms with Gasteiger partial charge in [0.1, 0.15) is 0 Å². The normalized spacial score (nSPS) is 16.7. The number of nitrogens with zero attached hydrogens (tertiary/aromatic N) is 3. The van der Waals surface area contributed by atoms with E-state index in [4.69, 9.17) is 14.5 Å². The van der Waals surface area contributed by atoms with Crippen molar-refractivity contribution < 1.29 is 22.7 Å². The van der Waals surface area contributed by atoms with Gasteiger partial charge in [0.2, 0.25) is 10.0 Å². The van der Waals surface area contributed by atoms with E-state index >= 15 is 0 Å². The summed E-state index contributed by atoms with van der Waals surface area (Å²) in [6.45, 7) is 9.37. The molecule has 8 nitrogen and oxygen atoms in total. The predicted molar refractivity (Wildman–Crippen MR) is 150 cm³/mol. The van der Waals surface area contributed by atoms with Crippen molar-refractivity contribution in [3.8, 4) is 0 Å². The number of fused-ring (bicyclic) bond motifs is 1. The molecule has 0 spiro atoms. The fraction of sp³-hybridized carbons (Fsp3) is 0.500. The molecule has 0 saturated carbocycles. The maximum atomic E-state index is 13.4. The van der Waals surface area contributed by atoms with Crippen LogP contribution in [0.25, 0.3) is 11.0 Å². The van der Waals surface area contributed by atoms with Crippen LogP contribution in [0.15, 0.2) is 52.5 Å². The summed E-state index contributed by atoms with van der Waals surface area (Å²) in [5.41, 5.74) is 3.17. The van der Waals surface area contributed by atoms with Crippen LogP contribution in [0.3, 0.4) is 0 Å². The number of aromatic nitrogens is 2. The summed E-state index contributed by atoms with van der Waals surface area (Å²) < 4.78 is 41.1. The van der Waals surface area contributed by atoms with Gasteiger partial charge in [0.25, 0.3) is 0 Å². The Balaban J connectivity index is 1.57. The Bertz CT molecular complexity index is 1340. The molecule has 2 heterocycles. The number of carbonyl (C=O) groups is 1. The van der Waals surface area contributed by atoms with Crippen LogP contribution in [0, 0.1) is 5.92 Å². The van der Waals surface area contributed by atoms with E-state index in [9.17, 15) is 13.2 Å². The largest absolute Gasteiger partial charge is 0.462 e. The summed E-state index contributed by atoms with van der Waals surface area (Å²) >= 11 is 1.59. The van der Waals surface area contributed by atoms with Gasteiger partial charge in [-0.1, -0.05) is 30.8 Å². The molecule has 3 aromatic rings. The van der Waals surface area contributed by atoms with Crippen LogP contribution in [0.4, 0.5) is 0 Å². The van der Waals surface area contributed by atoms with Crippen LogP contribution in [-0.2, 0) is 31.8 Å². The van der Waals surface area contributed by atoms with Crippen molar-refractivity contribution >= 4 is 38.8 Å². The van der Waals surface area contributed by atoms with Gasteiger partial charge in [-0.25, -0.2) is 18.2 Å². The number of thioether (sulfide) groups is 1. The molecule has 38 heavy (non-hydrogen) atoms. The molecule has 1 aromatic heterocycles. The first kappa shape index (κ1) is 28.6. The summed E-state index contributed by atoms with van der Waals surface area (Å²) in [6.07, 6.45) is 2.77. The molecule has 4 rings (SSSR count). The van der Waals surface area contributed by atoms with Gasteiger partial charge in [-0.05, 0) is 74.9 Å². The third kappa shape index (κ3) is 6.77. The summed E-state index contributed by atoms with van der Waals surface area (Å²) in [5.74, 6) is 0.697. The van der Waals surface area contributed by atoms with Crippen molar-refractivity contribution in [3.05, 3.63) is 53.6 Å². The second-order valence-electron chi connectivity index (χ2n) is 9.56. The monoisotopic (exact) mass is 559 g/mol. The highest BCUT2D eigenvalue weighted by Gasteiger charge is 2.29. The molecule has 0 unspecified atom stereocenters. The number of aryl methyl sites for hydroxylation is 1. The van der Waals surface area contributed by atoms with E-state index in [0.29, 0.717) is 60.6 Å². The first-order chi connectivity index (χ1) is 18.3. The SMILES string of the molecule is CCOCCCn1c(SCc2ccc(C(=O)OCC)cc2)nc2cc(S(=O)(=O)N3CCC[C@H](C)C3)ccc21. The van der Waals surface area contributed by atoms with E-state index in [0.717, 1.165) is 42.0 Å². The molecule has 1 aliphatic heterocycles. The maximum Gasteiger partial charge on any atom is 0.338 e. The lowest BCUT2D eigenvalue weighted by atomic mass is 10.0. The Morgan fingerprint density at radius 1 is 1.13 bits per heavy atom. The van der Waals surface area contributed by atoms with Gasteiger partial charge in [0.05, 0.1) is 28.1 Å². The number of rotatable bonds is 12. The fourth-order valence-electron chi connectivity index (χ4n) is 4.66. The van der Waals surface area contributed by atoms with Crippen LogP contribution in [0.1, 0.15) is 56.0 Å². The molecule has 1 saturated heterocycles. The molecule has 10 heteroatoms. The molecular formula is C28H37N3O5S2. The highest BCUT2D eigenvalue weighted by molar-refractivity contribution is 7.98. The summed E-state index contributed by atoms with van der Waals surface area (Å²) in [7, 11) is -3.57. The number of hydrogen-bond acceptors (Lipinski definition) is 7. The summed E-state index contributed by atoms with van der Waals surface area (Å²) in [5, 5.41) is 0.826. The second-order valence-corrected chi connectivity index (χ2v) is 12.4. The van der Waals surface area contributed by atoms with Crippen LogP contribution in [0.5, 0.6) is 0 Å². The topological polar surface area (TPSA) is 90.7 Å². The molecule has 1 aliphatic rings. The van der Waals surface area contributed by atoms with Crippen LogP contribution < -0.4 is 0 Å². The van der Waals surface area contributed by atoms with E-state index in [1.807, 2.05) is 25.1 Å². The number of hydrogen-bond donors (Lipinski definition) is 0. The standard InChI is InChI=1S/C28H37N3O5S2/c1-4-35-17-7-16-31-26-14-13-24(38(33,34)30-15-6-8-21(3)19-30)18-25(26)29-28(31)37-20-22-9-11-23(12-10-22)27(32)36-5-2/h9-14,18,21H,4-8,15-17,19-20H2,1-3H3/t21-/m0/s1. The molecule has 0 aliphatic carbocycles. The first-order valence-electron chi connectivity index (χ1n) is 13.3. The molecule has 2 aromatic carbocycles. The Kier molecular flexibility index (Phi) is 9.86. The van der Waals surface area contributed by atoms with Gasteiger partial charge < -0.3 is 14.0 Å². The quantitative estimate of drug-likeness (QED) is 0.168. The summed E-state index contributed by atoms with van der Waals surface area (Å²) in [4.78, 5) is 17.1. The lowest BCUT2D eigenvalue weighted by Gasteiger charge is -2.30. The fourth-order valence-corrected chi connectivity index (χ4v) is 7.27. The number of piperidine rings is 1. The molecule has 0 amide bonds. The lowest BCUT2D eigenvalue weighted by molar-refractivity contribution is 0.0526. The van der Waals surface area contributed by atoms with Crippen molar-refractivity contribution in [1.29, 1.82) is 0 Å². The van der Waals surface area contributed by atoms with Crippen LogP contribution >= 0.6 is 11.8 Å². The van der Waals surface area contributed by atoms with Crippen molar-refractivity contribution in [1.82, 2.24) is 13.9 Å². The molecule has 206 valence electrons. The Labute approximate surface area is 229 Å². The van der Waals surface area contributed by atoms with Crippen molar-refractivity contribution in [2.24, 2.45) is 5.92 Å². The average molecular weight is 560 g/mol. The van der Waals surface area contributed by atoms with E-state index < -0.39 is 10.0 Å². The zero-order valence-corrected chi connectivity index (χ0v) is 24.0. The van der Waals surface area contributed by atoms with Gasteiger partial charge >= 0.3 is 5.97 Å². The van der Waals surface area contributed by atoms with Gasteiger partial charge in [-0.2, -0.15) is 4.31 Å². The molecule has 0 N–H and O–H groups in total.